The summed E-state index contributed by atoms with van der Waals surface area (Å²) in [6, 6.07) is 74.6. The summed E-state index contributed by atoms with van der Waals surface area (Å²) < 4.78 is 6.37. The molecular formula is C59H43N3O. The number of rotatable bonds is 8. The first-order valence-electron chi connectivity index (χ1n) is 21.1. The Morgan fingerprint density at radius 3 is 1.52 bits per heavy atom. The second-order valence-corrected chi connectivity index (χ2v) is 15.8. The molecule has 0 saturated heterocycles. The van der Waals surface area contributed by atoms with Crippen LogP contribution in [-0.4, -0.2) is 19.3 Å². The van der Waals surface area contributed by atoms with Crippen molar-refractivity contribution in [1.82, 2.24) is 0 Å². The van der Waals surface area contributed by atoms with E-state index < -0.39 is 0 Å². The van der Waals surface area contributed by atoms with Gasteiger partial charge in [0.1, 0.15) is 11.2 Å². The highest BCUT2D eigenvalue weighted by Gasteiger charge is 2.13. The van der Waals surface area contributed by atoms with Crippen LogP contribution in [0.5, 0.6) is 0 Å². The maximum Gasteiger partial charge on any atom is 0.154 e. The van der Waals surface area contributed by atoms with Crippen molar-refractivity contribution in [2.24, 2.45) is 15.0 Å². The Morgan fingerprint density at radius 2 is 0.905 bits per heavy atom. The molecule has 0 amide bonds. The molecule has 0 aliphatic carbocycles. The third-order valence-corrected chi connectivity index (χ3v) is 11.7. The van der Waals surface area contributed by atoms with Crippen LogP contribution in [0.1, 0.15) is 16.7 Å². The second kappa shape index (κ2) is 17.4. The SMILES string of the molecule is C=NC(=NCc1ccc2ccccc2c1)c1cccc(-c2cccc(-c3cccc(-c4ccc5c(c4)oc4ccc6ccccc6c45)c3)c2)c1.C=NCc1ccc2ccccc2c1. The molecule has 11 aromatic rings. The maximum absolute atomic E-state index is 6.37. The first-order valence-corrected chi connectivity index (χ1v) is 21.1. The summed E-state index contributed by atoms with van der Waals surface area (Å²) in [5, 5.41) is 9.72. The van der Waals surface area contributed by atoms with Crippen molar-refractivity contribution in [2.45, 2.75) is 13.1 Å². The van der Waals surface area contributed by atoms with E-state index in [0.29, 0.717) is 18.9 Å². The van der Waals surface area contributed by atoms with Crippen LogP contribution in [0, 0.1) is 0 Å². The molecule has 0 bridgehead atoms. The molecule has 0 atom stereocenters. The van der Waals surface area contributed by atoms with Gasteiger partial charge in [0.25, 0.3) is 0 Å². The summed E-state index contributed by atoms with van der Waals surface area (Å²) in [7, 11) is 0. The first-order chi connectivity index (χ1) is 31.1. The van der Waals surface area contributed by atoms with Crippen molar-refractivity contribution >= 4 is 73.5 Å². The molecule has 10 aromatic carbocycles. The first kappa shape index (κ1) is 39.0. The summed E-state index contributed by atoms with van der Waals surface area (Å²) in [5.41, 5.74) is 11.9. The zero-order chi connectivity index (χ0) is 42.5. The third-order valence-electron chi connectivity index (χ3n) is 11.7. The van der Waals surface area contributed by atoms with Crippen LogP contribution in [0.2, 0.25) is 0 Å². The van der Waals surface area contributed by atoms with Crippen molar-refractivity contribution in [3.8, 4) is 33.4 Å². The van der Waals surface area contributed by atoms with Crippen LogP contribution in [0.25, 0.3) is 87.6 Å². The molecule has 0 radical (unpaired) electrons. The van der Waals surface area contributed by atoms with Crippen molar-refractivity contribution in [2.75, 3.05) is 0 Å². The van der Waals surface area contributed by atoms with Gasteiger partial charge in [-0.3, -0.25) is 9.98 Å². The Bertz CT molecular complexity index is 3520. The van der Waals surface area contributed by atoms with E-state index in [0.717, 1.165) is 61.1 Å². The van der Waals surface area contributed by atoms with E-state index >= 15 is 0 Å². The highest BCUT2D eigenvalue weighted by molar-refractivity contribution is 6.19. The zero-order valence-electron chi connectivity index (χ0n) is 34.8. The Balaban J connectivity index is 0.000000310. The monoisotopic (exact) mass is 809 g/mol. The molecular weight excluding hydrogens is 767 g/mol. The van der Waals surface area contributed by atoms with Crippen LogP contribution >= 0.6 is 0 Å². The minimum absolute atomic E-state index is 0.537. The quantitative estimate of drug-likeness (QED) is 0.111. The van der Waals surface area contributed by atoms with Gasteiger partial charge in [-0.15, -0.1) is 0 Å². The lowest BCUT2D eigenvalue weighted by molar-refractivity contribution is 0.669. The minimum atomic E-state index is 0.537. The molecule has 4 nitrogen and oxygen atoms in total. The lowest BCUT2D eigenvalue weighted by Crippen LogP contribution is -1.98. The summed E-state index contributed by atoms with van der Waals surface area (Å²) in [4.78, 5) is 13.0. The molecule has 4 heteroatoms. The average Bonchev–Trinajstić information content (AvgIpc) is 3.73. The van der Waals surface area contributed by atoms with Gasteiger partial charge in [0, 0.05) is 16.3 Å². The van der Waals surface area contributed by atoms with Gasteiger partial charge in [-0.2, -0.15) is 0 Å². The molecule has 1 aromatic heterocycles. The summed E-state index contributed by atoms with van der Waals surface area (Å²) in [5.74, 6) is 0.637. The number of furan rings is 1. The molecule has 0 saturated carbocycles. The number of amidine groups is 1. The highest BCUT2D eigenvalue weighted by Crippen LogP contribution is 2.37. The van der Waals surface area contributed by atoms with Gasteiger partial charge >= 0.3 is 0 Å². The van der Waals surface area contributed by atoms with E-state index in [-0.39, 0.29) is 0 Å². The van der Waals surface area contributed by atoms with E-state index in [1.807, 2.05) is 18.2 Å². The molecule has 0 fully saturated rings. The summed E-state index contributed by atoms with van der Waals surface area (Å²) in [6.07, 6.45) is 0. The Hall–Kier alpha value is -8.21. The Labute approximate surface area is 366 Å². The lowest BCUT2D eigenvalue weighted by Gasteiger charge is -2.10. The van der Waals surface area contributed by atoms with Gasteiger partial charge in [-0.1, -0.05) is 164 Å². The third kappa shape index (κ3) is 8.18. The maximum atomic E-state index is 6.37. The number of fused-ring (bicyclic) bond motifs is 7. The molecule has 0 unspecified atom stereocenters. The van der Waals surface area contributed by atoms with Gasteiger partial charge in [0.2, 0.25) is 0 Å². The standard InChI is InChI=1S/C47H32N2O.C12H11N/c1-48-47(49-30-31-19-20-32-9-2-3-11-34(32)25-31)41-17-8-16-39(28-41)37-14-6-12-35(26-37)36-13-7-15-38(27-36)40-21-23-43-45(29-40)50-44-24-22-33-10-4-5-18-42(33)46(43)44;1-13-9-10-6-7-11-4-2-3-5-12(11)8-10/h2-29H,1,30H2;2-8H,1,9H2. The molecule has 0 aliphatic heterocycles. The molecule has 1 heterocycles. The largest absolute Gasteiger partial charge is 0.456 e. The van der Waals surface area contributed by atoms with Crippen molar-refractivity contribution in [3.63, 3.8) is 0 Å². The number of aliphatic imine (C=N–C) groups is 3. The fraction of sp³-hybridized carbons (Fsp3) is 0.0339. The number of nitrogens with zero attached hydrogens (tertiary/aromatic N) is 3. The molecule has 0 N–H and O–H groups in total. The van der Waals surface area contributed by atoms with Crippen LogP contribution < -0.4 is 0 Å². The summed E-state index contributed by atoms with van der Waals surface area (Å²) >= 11 is 0. The Morgan fingerprint density at radius 1 is 0.381 bits per heavy atom. The van der Waals surface area contributed by atoms with E-state index in [4.69, 9.17) is 9.41 Å². The smallest absolute Gasteiger partial charge is 0.154 e. The van der Waals surface area contributed by atoms with Gasteiger partial charge in [-0.05, 0) is 139 Å². The topological polar surface area (TPSA) is 50.2 Å². The van der Waals surface area contributed by atoms with E-state index in [1.54, 1.807) is 0 Å². The molecule has 63 heavy (non-hydrogen) atoms. The van der Waals surface area contributed by atoms with E-state index in [9.17, 15) is 0 Å². The van der Waals surface area contributed by atoms with Crippen LogP contribution in [0.15, 0.2) is 232 Å². The van der Waals surface area contributed by atoms with Gasteiger partial charge < -0.3 is 4.42 Å². The Kier molecular flexibility index (Phi) is 10.8. The van der Waals surface area contributed by atoms with Crippen molar-refractivity contribution in [1.29, 1.82) is 0 Å². The van der Waals surface area contributed by atoms with E-state index in [1.165, 1.54) is 43.3 Å². The van der Waals surface area contributed by atoms with Crippen molar-refractivity contribution < 1.29 is 4.42 Å². The average molecular weight is 810 g/mol. The molecule has 300 valence electrons. The van der Waals surface area contributed by atoms with Crippen LogP contribution in [-0.2, 0) is 13.1 Å². The molecule has 0 spiro atoms. The van der Waals surface area contributed by atoms with Crippen LogP contribution in [0.3, 0.4) is 0 Å². The highest BCUT2D eigenvalue weighted by atomic mass is 16.3. The predicted molar refractivity (Wildman–Crippen MR) is 268 cm³/mol. The number of hydrogen-bond donors (Lipinski definition) is 0. The van der Waals surface area contributed by atoms with Crippen molar-refractivity contribution in [3.05, 3.63) is 229 Å². The zero-order valence-corrected chi connectivity index (χ0v) is 34.8. The van der Waals surface area contributed by atoms with Gasteiger partial charge in [-0.25, -0.2) is 4.99 Å². The minimum Gasteiger partial charge on any atom is -0.456 e. The number of hydrogen-bond acceptors (Lipinski definition) is 3. The predicted octanol–water partition coefficient (Wildman–Crippen LogP) is 15.6. The summed E-state index contributed by atoms with van der Waals surface area (Å²) in [6.45, 7) is 8.56. The fourth-order valence-electron chi connectivity index (χ4n) is 8.52. The van der Waals surface area contributed by atoms with Gasteiger partial charge in [0.15, 0.2) is 5.84 Å². The fourth-order valence-corrected chi connectivity index (χ4v) is 8.52. The normalized spacial score (nSPS) is 11.5. The van der Waals surface area contributed by atoms with Gasteiger partial charge in [0.05, 0.1) is 13.1 Å². The molecule has 11 rings (SSSR count). The molecule has 0 aliphatic rings. The van der Waals surface area contributed by atoms with Crippen LogP contribution in [0.4, 0.5) is 0 Å². The second-order valence-electron chi connectivity index (χ2n) is 15.8. The number of benzene rings is 10. The lowest BCUT2D eigenvalue weighted by atomic mass is 9.95. The van der Waals surface area contributed by atoms with E-state index in [2.05, 4.69) is 218 Å².